The summed E-state index contributed by atoms with van der Waals surface area (Å²) < 4.78 is 27.1. The molecule has 0 amide bonds. The van der Waals surface area contributed by atoms with Gasteiger partial charge in [0.15, 0.2) is 0 Å². The molecule has 0 aliphatic rings. The number of aromatic nitrogens is 1. The van der Waals surface area contributed by atoms with Gasteiger partial charge in [-0.15, -0.1) is 0 Å². The lowest BCUT2D eigenvalue weighted by molar-refractivity contribution is 0.280. The normalized spacial score (nSPS) is 11.6. The first-order chi connectivity index (χ1) is 9.94. The number of sulfonamides is 1. The van der Waals surface area contributed by atoms with Crippen LogP contribution in [0.15, 0.2) is 41.6 Å². The fraction of sp³-hybridized carbons (Fsp3) is 0.267. The van der Waals surface area contributed by atoms with Crippen molar-refractivity contribution in [3.63, 3.8) is 0 Å². The van der Waals surface area contributed by atoms with Crippen LogP contribution in [0.4, 0.5) is 0 Å². The molecule has 0 saturated heterocycles. The highest BCUT2D eigenvalue weighted by Gasteiger charge is 2.15. The molecule has 1 aromatic heterocycles. The smallest absolute Gasteiger partial charge is 0.240 e. The topological polar surface area (TPSA) is 79.3 Å². The van der Waals surface area contributed by atoms with Crippen LogP contribution in [0.2, 0.25) is 0 Å². The third-order valence-electron chi connectivity index (χ3n) is 3.39. The van der Waals surface area contributed by atoms with Gasteiger partial charge in [0.05, 0.1) is 11.5 Å². The van der Waals surface area contributed by atoms with Crippen molar-refractivity contribution in [1.29, 1.82) is 0 Å². The fourth-order valence-electron chi connectivity index (χ4n) is 1.94. The zero-order valence-electron chi connectivity index (χ0n) is 12.0. The van der Waals surface area contributed by atoms with Crippen molar-refractivity contribution in [3.8, 4) is 0 Å². The molecule has 1 aromatic carbocycles. The van der Waals surface area contributed by atoms with Gasteiger partial charge in [-0.05, 0) is 54.3 Å². The van der Waals surface area contributed by atoms with E-state index in [1.807, 2.05) is 13.8 Å². The minimum atomic E-state index is -3.61. The van der Waals surface area contributed by atoms with E-state index in [0.29, 0.717) is 5.56 Å². The number of aliphatic hydroxyl groups excluding tert-OH is 1. The maximum Gasteiger partial charge on any atom is 0.240 e. The van der Waals surface area contributed by atoms with Crippen LogP contribution >= 0.6 is 0 Å². The van der Waals surface area contributed by atoms with Crippen molar-refractivity contribution in [2.45, 2.75) is 31.9 Å². The number of nitrogens with one attached hydrogen (secondary N) is 1. The van der Waals surface area contributed by atoms with Gasteiger partial charge >= 0.3 is 0 Å². The second kappa shape index (κ2) is 6.34. The molecule has 2 rings (SSSR count). The lowest BCUT2D eigenvalue weighted by Gasteiger charge is -2.10. The van der Waals surface area contributed by atoms with Gasteiger partial charge in [0.1, 0.15) is 0 Å². The van der Waals surface area contributed by atoms with Crippen molar-refractivity contribution < 1.29 is 13.5 Å². The van der Waals surface area contributed by atoms with E-state index >= 15 is 0 Å². The van der Waals surface area contributed by atoms with Crippen molar-refractivity contribution in [2.75, 3.05) is 0 Å². The van der Waals surface area contributed by atoms with Crippen LogP contribution in [0.5, 0.6) is 0 Å². The van der Waals surface area contributed by atoms with Crippen molar-refractivity contribution in [1.82, 2.24) is 9.71 Å². The summed E-state index contributed by atoms with van der Waals surface area (Å²) in [5.74, 6) is 0. The Balaban J connectivity index is 2.21. The molecule has 112 valence electrons. The van der Waals surface area contributed by atoms with Gasteiger partial charge in [-0.25, -0.2) is 13.1 Å². The standard InChI is InChI=1S/C15H18N2O3S/c1-11-3-4-15(7-14(11)10-18)21(19,20)17-9-13-5-6-16-8-12(13)2/h3-8,17-18H,9-10H2,1-2H3. The molecule has 0 bridgehead atoms. The number of nitrogens with zero attached hydrogens (tertiary/aromatic N) is 1. The quantitative estimate of drug-likeness (QED) is 0.880. The summed E-state index contributed by atoms with van der Waals surface area (Å²) in [6, 6.07) is 6.51. The summed E-state index contributed by atoms with van der Waals surface area (Å²) in [5, 5.41) is 9.23. The minimum Gasteiger partial charge on any atom is -0.392 e. The van der Waals surface area contributed by atoms with Crippen LogP contribution < -0.4 is 4.72 Å². The predicted molar refractivity (Wildman–Crippen MR) is 80.1 cm³/mol. The first-order valence-electron chi connectivity index (χ1n) is 6.53. The lowest BCUT2D eigenvalue weighted by atomic mass is 10.1. The number of hydrogen-bond acceptors (Lipinski definition) is 4. The highest BCUT2D eigenvalue weighted by atomic mass is 32.2. The van der Waals surface area contributed by atoms with E-state index in [2.05, 4.69) is 9.71 Å². The summed E-state index contributed by atoms with van der Waals surface area (Å²) in [4.78, 5) is 4.13. The van der Waals surface area contributed by atoms with Crippen LogP contribution in [0.3, 0.4) is 0 Å². The maximum absolute atomic E-state index is 12.3. The number of aliphatic hydroxyl groups is 1. The Bertz CT molecular complexity index is 742. The van der Waals surface area contributed by atoms with Gasteiger partial charge in [0, 0.05) is 18.9 Å². The van der Waals surface area contributed by atoms with E-state index in [1.165, 1.54) is 12.1 Å². The minimum absolute atomic E-state index is 0.156. The predicted octanol–water partition coefficient (Wildman–Crippen LogP) is 1.67. The second-order valence-electron chi connectivity index (χ2n) is 4.87. The summed E-state index contributed by atoms with van der Waals surface area (Å²) in [7, 11) is -3.61. The lowest BCUT2D eigenvalue weighted by Crippen LogP contribution is -2.23. The summed E-state index contributed by atoms with van der Waals surface area (Å²) in [6.45, 7) is 3.74. The molecule has 0 unspecified atom stereocenters. The highest BCUT2D eigenvalue weighted by Crippen LogP contribution is 2.16. The number of rotatable bonds is 5. The molecule has 0 aliphatic carbocycles. The molecule has 0 fully saturated rings. The molecule has 0 radical (unpaired) electrons. The Morgan fingerprint density at radius 1 is 1.14 bits per heavy atom. The molecule has 0 spiro atoms. The summed E-state index contributed by atoms with van der Waals surface area (Å²) >= 11 is 0. The summed E-state index contributed by atoms with van der Waals surface area (Å²) in [5.41, 5.74) is 3.28. The van der Waals surface area contributed by atoms with Crippen LogP contribution in [-0.2, 0) is 23.2 Å². The number of benzene rings is 1. The van der Waals surface area contributed by atoms with Crippen LogP contribution in [-0.4, -0.2) is 18.5 Å². The van der Waals surface area contributed by atoms with E-state index in [1.54, 1.807) is 24.5 Å². The average Bonchev–Trinajstić information content (AvgIpc) is 2.46. The highest BCUT2D eigenvalue weighted by molar-refractivity contribution is 7.89. The Morgan fingerprint density at radius 3 is 2.57 bits per heavy atom. The first-order valence-corrected chi connectivity index (χ1v) is 8.02. The van der Waals surface area contributed by atoms with Crippen LogP contribution in [0, 0.1) is 13.8 Å². The Hall–Kier alpha value is -1.76. The molecule has 0 aliphatic heterocycles. The Kier molecular flexibility index (Phi) is 4.72. The Morgan fingerprint density at radius 2 is 1.90 bits per heavy atom. The molecule has 21 heavy (non-hydrogen) atoms. The van der Waals surface area contributed by atoms with E-state index < -0.39 is 10.0 Å². The molecule has 2 aromatic rings. The average molecular weight is 306 g/mol. The Labute approximate surface area is 124 Å². The number of hydrogen-bond donors (Lipinski definition) is 2. The van der Waals surface area contributed by atoms with E-state index in [0.717, 1.165) is 16.7 Å². The van der Waals surface area contributed by atoms with Gasteiger partial charge in [-0.2, -0.15) is 0 Å². The van der Waals surface area contributed by atoms with E-state index in [9.17, 15) is 13.5 Å². The van der Waals surface area contributed by atoms with Crippen LogP contribution in [0.1, 0.15) is 22.3 Å². The molecule has 5 nitrogen and oxygen atoms in total. The van der Waals surface area contributed by atoms with Crippen molar-refractivity contribution >= 4 is 10.0 Å². The molecular weight excluding hydrogens is 288 g/mol. The SMILES string of the molecule is Cc1ccc(S(=O)(=O)NCc2ccncc2C)cc1CO. The van der Waals surface area contributed by atoms with Crippen LogP contribution in [0.25, 0.3) is 0 Å². The molecule has 6 heteroatoms. The largest absolute Gasteiger partial charge is 0.392 e. The van der Waals surface area contributed by atoms with Gasteiger partial charge in [0.25, 0.3) is 0 Å². The monoisotopic (exact) mass is 306 g/mol. The number of pyridine rings is 1. The van der Waals surface area contributed by atoms with E-state index in [4.69, 9.17) is 0 Å². The van der Waals surface area contributed by atoms with Gasteiger partial charge < -0.3 is 5.11 Å². The third kappa shape index (κ3) is 3.66. The molecule has 0 atom stereocenters. The fourth-order valence-corrected chi connectivity index (χ4v) is 3.00. The second-order valence-corrected chi connectivity index (χ2v) is 6.64. The van der Waals surface area contributed by atoms with E-state index in [-0.39, 0.29) is 18.0 Å². The molecule has 2 N–H and O–H groups in total. The molecule has 0 saturated carbocycles. The van der Waals surface area contributed by atoms with Gasteiger partial charge in [-0.1, -0.05) is 6.07 Å². The maximum atomic E-state index is 12.3. The zero-order chi connectivity index (χ0) is 15.5. The van der Waals surface area contributed by atoms with Gasteiger partial charge in [-0.3, -0.25) is 4.98 Å². The van der Waals surface area contributed by atoms with Gasteiger partial charge in [0.2, 0.25) is 10.0 Å². The van der Waals surface area contributed by atoms with Crippen molar-refractivity contribution in [3.05, 3.63) is 58.9 Å². The third-order valence-corrected chi connectivity index (χ3v) is 4.79. The first kappa shape index (κ1) is 15.6. The zero-order valence-corrected chi connectivity index (χ0v) is 12.8. The molecule has 1 heterocycles. The molecular formula is C15H18N2O3S. The van der Waals surface area contributed by atoms with Crippen molar-refractivity contribution in [2.24, 2.45) is 0 Å². The summed E-state index contributed by atoms with van der Waals surface area (Å²) in [6.07, 6.45) is 3.33. The number of aryl methyl sites for hydroxylation is 2.